The summed E-state index contributed by atoms with van der Waals surface area (Å²) in [4.78, 5) is 18.5. The molecule has 3 aliphatic rings. The number of nitrogens with one attached hydrogen (secondary N) is 1. The third-order valence-corrected chi connectivity index (χ3v) is 6.01. The molecular weight excluding hydrogens is 318 g/mol. The first kappa shape index (κ1) is 16.9. The number of hydrogen-bond acceptors (Lipinski definition) is 5. The van der Waals surface area contributed by atoms with Crippen LogP contribution in [-0.4, -0.2) is 67.4 Å². The van der Waals surface area contributed by atoms with Crippen LogP contribution in [0.25, 0.3) is 0 Å². The van der Waals surface area contributed by atoms with Crippen molar-refractivity contribution in [3.63, 3.8) is 0 Å². The van der Waals surface area contributed by atoms with Crippen molar-refractivity contribution < 1.29 is 14.3 Å². The molecule has 0 spiro atoms. The van der Waals surface area contributed by atoms with Gasteiger partial charge < -0.3 is 19.7 Å². The lowest BCUT2D eigenvalue weighted by molar-refractivity contribution is -0.0880. The molecule has 1 N–H and O–H groups in total. The Morgan fingerprint density at radius 3 is 2.96 bits per heavy atom. The number of amides is 1. The predicted octanol–water partition coefficient (Wildman–Crippen LogP) is 1.33. The molecule has 0 aromatic carbocycles. The Kier molecular flexibility index (Phi) is 5.01. The van der Waals surface area contributed by atoms with Crippen LogP contribution < -0.4 is 5.32 Å². The van der Waals surface area contributed by atoms with Crippen molar-refractivity contribution in [2.45, 2.75) is 37.5 Å². The summed E-state index contributed by atoms with van der Waals surface area (Å²) in [6, 6.07) is 4.62. The summed E-state index contributed by atoms with van der Waals surface area (Å²) >= 11 is 0. The van der Waals surface area contributed by atoms with E-state index in [1.807, 2.05) is 17.0 Å². The van der Waals surface area contributed by atoms with Gasteiger partial charge in [-0.15, -0.1) is 0 Å². The van der Waals surface area contributed by atoms with Gasteiger partial charge >= 0.3 is 0 Å². The third-order valence-electron chi connectivity index (χ3n) is 6.01. The van der Waals surface area contributed by atoms with Crippen LogP contribution in [0, 0.1) is 11.8 Å². The van der Waals surface area contributed by atoms with Crippen molar-refractivity contribution in [2.75, 3.05) is 33.4 Å². The second-order valence-corrected chi connectivity index (χ2v) is 7.41. The van der Waals surface area contributed by atoms with Gasteiger partial charge in [-0.05, 0) is 31.4 Å². The van der Waals surface area contributed by atoms with E-state index in [-0.39, 0.29) is 5.91 Å². The van der Waals surface area contributed by atoms with Crippen molar-refractivity contribution >= 4 is 5.91 Å². The Morgan fingerprint density at radius 2 is 2.24 bits per heavy atom. The van der Waals surface area contributed by atoms with E-state index in [2.05, 4.69) is 10.3 Å². The van der Waals surface area contributed by atoms with Gasteiger partial charge in [-0.2, -0.15) is 0 Å². The Bertz CT molecular complexity index is 589. The number of fused-ring (bicyclic) bond motifs is 1. The summed E-state index contributed by atoms with van der Waals surface area (Å²) in [5.41, 5.74) is 0.680. The van der Waals surface area contributed by atoms with Gasteiger partial charge in [0.15, 0.2) is 0 Å². The Hall–Kier alpha value is -1.50. The topological polar surface area (TPSA) is 63.7 Å². The molecule has 4 atom stereocenters. The summed E-state index contributed by atoms with van der Waals surface area (Å²) in [5, 5.41) is 3.85. The number of carbonyl (C=O) groups is 1. The highest BCUT2D eigenvalue weighted by molar-refractivity contribution is 5.93. The van der Waals surface area contributed by atoms with E-state index in [1.165, 1.54) is 0 Å². The van der Waals surface area contributed by atoms with E-state index in [0.717, 1.165) is 45.6 Å². The molecule has 1 aromatic rings. The molecule has 1 saturated carbocycles. The minimum absolute atomic E-state index is 0.0942. The lowest BCUT2D eigenvalue weighted by atomic mass is 9.66. The normalized spacial score (nSPS) is 32.3. The Balaban J connectivity index is 1.30. The molecular formula is C19H27N3O3. The maximum absolute atomic E-state index is 12.5. The Morgan fingerprint density at radius 1 is 1.40 bits per heavy atom. The van der Waals surface area contributed by atoms with Gasteiger partial charge in [-0.1, -0.05) is 0 Å². The lowest BCUT2D eigenvalue weighted by Gasteiger charge is -2.50. The van der Waals surface area contributed by atoms with Crippen molar-refractivity contribution in [3.05, 3.63) is 30.1 Å². The molecule has 0 radical (unpaired) electrons. The second kappa shape index (κ2) is 7.40. The van der Waals surface area contributed by atoms with Crippen LogP contribution >= 0.6 is 0 Å². The summed E-state index contributed by atoms with van der Waals surface area (Å²) in [6.45, 7) is 3.25. The van der Waals surface area contributed by atoms with E-state index in [1.54, 1.807) is 19.5 Å². The van der Waals surface area contributed by atoms with Crippen LogP contribution in [-0.2, 0) is 9.47 Å². The molecule has 2 saturated heterocycles. The zero-order valence-corrected chi connectivity index (χ0v) is 14.8. The minimum atomic E-state index is 0.0942. The van der Waals surface area contributed by atoms with Gasteiger partial charge in [0.25, 0.3) is 5.91 Å². The van der Waals surface area contributed by atoms with Gasteiger partial charge in [0, 0.05) is 63.1 Å². The van der Waals surface area contributed by atoms with Crippen LogP contribution in [0.1, 0.15) is 29.6 Å². The highest BCUT2D eigenvalue weighted by Crippen LogP contribution is 2.44. The van der Waals surface area contributed by atoms with E-state index >= 15 is 0 Å². The highest BCUT2D eigenvalue weighted by atomic mass is 16.5. The lowest BCUT2D eigenvalue weighted by Crippen LogP contribution is -2.64. The van der Waals surface area contributed by atoms with E-state index < -0.39 is 0 Å². The predicted molar refractivity (Wildman–Crippen MR) is 93.3 cm³/mol. The van der Waals surface area contributed by atoms with Crippen LogP contribution in [0.5, 0.6) is 0 Å². The summed E-state index contributed by atoms with van der Waals surface area (Å²) in [5.74, 6) is 1.19. The summed E-state index contributed by atoms with van der Waals surface area (Å²) in [6.07, 6.45) is 6.88. The van der Waals surface area contributed by atoms with Crippen LogP contribution in [0.15, 0.2) is 24.5 Å². The number of likely N-dealkylation sites (tertiary alicyclic amines) is 1. The summed E-state index contributed by atoms with van der Waals surface area (Å²) in [7, 11) is 1.77. The van der Waals surface area contributed by atoms with E-state index in [0.29, 0.717) is 35.6 Å². The van der Waals surface area contributed by atoms with Crippen molar-refractivity contribution in [2.24, 2.45) is 11.8 Å². The average Bonchev–Trinajstić information content (AvgIpc) is 3.09. The fraction of sp³-hybridized carbons (Fsp3) is 0.684. The zero-order chi connectivity index (χ0) is 17.2. The fourth-order valence-electron chi connectivity index (χ4n) is 4.66. The molecule has 2 aliphatic heterocycles. The van der Waals surface area contributed by atoms with Gasteiger partial charge in [-0.3, -0.25) is 9.78 Å². The number of ether oxygens (including phenoxy) is 2. The molecule has 1 amide bonds. The largest absolute Gasteiger partial charge is 0.384 e. The molecule has 3 heterocycles. The number of piperidine rings is 1. The third kappa shape index (κ3) is 3.30. The maximum atomic E-state index is 12.5. The highest BCUT2D eigenvalue weighted by Gasteiger charge is 2.54. The monoisotopic (exact) mass is 345 g/mol. The molecule has 4 rings (SSSR count). The van der Waals surface area contributed by atoms with Gasteiger partial charge in [0.2, 0.25) is 0 Å². The first-order valence-corrected chi connectivity index (χ1v) is 9.34. The molecule has 3 fully saturated rings. The first-order valence-electron chi connectivity index (χ1n) is 9.34. The van der Waals surface area contributed by atoms with Crippen molar-refractivity contribution in [1.82, 2.24) is 15.2 Å². The first-order chi connectivity index (χ1) is 12.3. The molecule has 6 heteroatoms. The molecule has 25 heavy (non-hydrogen) atoms. The van der Waals surface area contributed by atoms with Crippen LogP contribution in [0.3, 0.4) is 0 Å². The average molecular weight is 345 g/mol. The number of pyridine rings is 1. The molecule has 6 nitrogen and oxygen atoms in total. The molecule has 136 valence electrons. The van der Waals surface area contributed by atoms with Crippen molar-refractivity contribution in [3.8, 4) is 0 Å². The van der Waals surface area contributed by atoms with Gasteiger partial charge in [0.1, 0.15) is 0 Å². The van der Waals surface area contributed by atoms with Gasteiger partial charge in [-0.25, -0.2) is 0 Å². The SMILES string of the molecule is COC[C@H]1[C@H](NC2CCN(C(=O)c3cccnc3)CC2)[C@H]2CCO[C@H]21. The number of aromatic nitrogens is 1. The van der Waals surface area contributed by atoms with Crippen LogP contribution in [0.2, 0.25) is 0 Å². The standard InChI is InChI=1S/C19H27N3O3/c1-24-12-16-17(15-6-10-25-18(15)16)21-14-4-8-22(9-5-14)19(23)13-3-2-7-20-11-13/h2-3,7,11,14-18,21H,4-6,8-10,12H2,1H3/t15-,16+,17-,18-/m1/s1. The number of rotatable bonds is 5. The van der Waals surface area contributed by atoms with Gasteiger partial charge in [0.05, 0.1) is 18.3 Å². The maximum Gasteiger partial charge on any atom is 0.255 e. The van der Waals surface area contributed by atoms with E-state index in [9.17, 15) is 4.79 Å². The quantitative estimate of drug-likeness (QED) is 0.872. The number of nitrogens with zero attached hydrogens (tertiary/aromatic N) is 2. The summed E-state index contributed by atoms with van der Waals surface area (Å²) < 4.78 is 11.2. The fourth-order valence-corrected chi connectivity index (χ4v) is 4.66. The van der Waals surface area contributed by atoms with Crippen molar-refractivity contribution in [1.29, 1.82) is 0 Å². The Labute approximate surface area is 148 Å². The molecule has 1 aromatic heterocycles. The molecule has 0 unspecified atom stereocenters. The number of hydrogen-bond donors (Lipinski definition) is 1. The van der Waals surface area contributed by atoms with E-state index in [4.69, 9.17) is 9.47 Å². The van der Waals surface area contributed by atoms with Crippen LogP contribution in [0.4, 0.5) is 0 Å². The molecule has 0 bridgehead atoms. The second-order valence-electron chi connectivity index (χ2n) is 7.41. The number of methoxy groups -OCH3 is 1. The minimum Gasteiger partial charge on any atom is -0.384 e. The smallest absolute Gasteiger partial charge is 0.255 e. The zero-order valence-electron chi connectivity index (χ0n) is 14.8. The molecule has 1 aliphatic carbocycles. The number of carbonyl (C=O) groups excluding carboxylic acids is 1.